The van der Waals surface area contributed by atoms with Crippen molar-refractivity contribution >= 4 is 43.4 Å². The summed E-state index contributed by atoms with van der Waals surface area (Å²) in [6.07, 6.45) is 7.75. The number of anilines is 1. The molecule has 0 saturated heterocycles. The summed E-state index contributed by atoms with van der Waals surface area (Å²) in [5.74, 6) is -0.0858. The van der Waals surface area contributed by atoms with Crippen LogP contribution in [0.1, 0.15) is 23.8 Å². The number of aromatic amines is 2. The number of amides is 1. The van der Waals surface area contributed by atoms with Gasteiger partial charge in [0.1, 0.15) is 22.4 Å². The Morgan fingerprint density at radius 3 is 2.65 bits per heavy atom. The molecule has 4 aromatic heterocycles. The highest BCUT2D eigenvalue weighted by Crippen LogP contribution is 2.34. The average Bonchev–Trinajstić information content (AvgIpc) is 3.62. The van der Waals surface area contributed by atoms with Gasteiger partial charge in [0.15, 0.2) is 15.7 Å². The number of hydrogen-bond donors (Lipinski definition) is 4. The first kappa shape index (κ1) is 26.9. The Bertz CT molecular complexity index is 2170. The van der Waals surface area contributed by atoms with E-state index in [2.05, 4.69) is 30.5 Å². The zero-order valence-corrected chi connectivity index (χ0v) is 23.6. The molecule has 0 spiro atoms. The maximum absolute atomic E-state index is 14.6. The largest absolute Gasteiger partial charge is 0.336 e. The van der Waals surface area contributed by atoms with Crippen LogP contribution in [-0.2, 0) is 14.6 Å². The summed E-state index contributed by atoms with van der Waals surface area (Å²) >= 11 is 0. The van der Waals surface area contributed by atoms with Gasteiger partial charge < -0.3 is 16.0 Å². The monoisotopic (exact) mass is 596 g/mol. The van der Waals surface area contributed by atoms with Gasteiger partial charge in [-0.25, -0.2) is 17.8 Å². The van der Waals surface area contributed by atoms with Gasteiger partial charge in [-0.15, -0.1) is 0 Å². The van der Waals surface area contributed by atoms with Crippen molar-refractivity contribution < 1.29 is 17.6 Å². The molecule has 1 fully saturated rings. The number of halogens is 1. The molecule has 1 aliphatic carbocycles. The number of hydrogen-bond acceptors (Lipinski definition) is 8. The van der Waals surface area contributed by atoms with Gasteiger partial charge in [-0.05, 0) is 66.4 Å². The minimum atomic E-state index is -3.66. The van der Waals surface area contributed by atoms with Crippen LogP contribution in [0.5, 0.6) is 0 Å². The van der Waals surface area contributed by atoms with Crippen LogP contribution in [0, 0.1) is 11.7 Å². The first-order chi connectivity index (χ1) is 20.6. The number of rotatable bonds is 7. The third-order valence-corrected chi connectivity index (χ3v) is 8.65. The topological polar surface area (TPSA) is 172 Å². The summed E-state index contributed by atoms with van der Waals surface area (Å²) in [6, 6.07) is 13.3. The lowest BCUT2D eigenvalue weighted by Crippen LogP contribution is -2.20. The van der Waals surface area contributed by atoms with Crippen LogP contribution in [0.3, 0.4) is 0 Å². The van der Waals surface area contributed by atoms with Gasteiger partial charge in [0.05, 0.1) is 28.6 Å². The van der Waals surface area contributed by atoms with Gasteiger partial charge in [0.25, 0.3) is 0 Å². The van der Waals surface area contributed by atoms with Gasteiger partial charge in [-0.2, -0.15) is 5.10 Å². The van der Waals surface area contributed by atoms with Crippen molar-refractivity contribution in [2.75, 3.05) is 11.6 Å². The number of nitrogens with one attached hydrogen (secondary N) is 3. The Morgan fingerprint density at radius 1 is 1.02 bits per heavy atom. The van der Waals surface area contributed by atoms with E-state index in [9.17, 15) is 17.6 Å². The predicted molar refractivity (Wildman–Crippen MR) is 161 cm³/mol. The molecule has 13 heteroatoms. The van der Waals surface area contributed by atoms with E-state index in [1.54, 1.807) is 24.7 Å². The highest BCUT2D eigenvalue weighted by Gasteiger charge is 2.29. The standard InChI is InChI=1S/C30H25FN8O3S/c1-43(41,42)28(32)18-8-17(9-20(31)10-18)25-27-24(6-7-34-25)36-29(37-27)26-22-12-16(4-5-23(22)38-39-26)19-11-21(14-33-13-19)35-30(40)15-2-3-15/h4-15,28H,2-3,32H2,1H3,(H,35,40)(H,36,37)(H,38,39). The maximum Gasteiger partial charge on any atom is 0.227 e. The Kier molecular flexibility index (Phi) is 6.29. The molecule has 0 aliphatic heterocycles. The summed E-state index contributed by atoms with van der Waals surface area (Å²) in [5, 5.41) is 9.89. The van der Waals surface area contributed by atoms with Crippen molar-refractivity contribution in [3.8, 4) is 33.9 Å². The fourth-order valence-corrected chi connectivity index (χ4v) is 5.68. The molecular formula is C30H25FN8O3S. The molecule has 1 unspecified atom stereocenters. The quantitative estimate of drug-likeness (QED) is 0.205. The minimum Gasteiger partial charge on any atom is -0.336 e. The molecule has 6 aromatic rings. The molecule has 0 bridgehead atoms. The van der Waals surface area contributed by atoms with Gasteiger partial charge in [0, 0.05) is 41.1 Å². The van der Waals surface area contributed by atoms with Crippen molar-refractivity contribution in [3.63, 3.8) is 0 Å². The van der Waals surface area contributed by atoms with Crippen molar-refractivity contribution in [1.82, 2.24) is 30.1 Å². The van der Waals surface area contributed by atoms with Gasteiger partial charge in [0.2, 0.25) is 5.91 Å². The fraction of sp³-hybridized carbons (Fsp3) is 0.167. The summed E-state index contributed by atoms with van der Waals surface area (Å²) in [4.78, 5) is 29.0. The molecule has 4 heterocycles. The fourth-order valence-electron chi connectivity index (χ4n) is 5.05. The second kappa shape index (κ2) is 10.1. The van der Waals surface area contributed by atoms with Crippen LogP contribution in [0.4, 0.5) is 10.1 Å². The molecule has 0 radical (unpaired) electrons. The Balaban J connectivity index is 1.27. The zero-order chi connectivity index (χ0) is 29.9. The number of aromatic nitrogens is 6. The van der Waals surface area contributed by atoms with Gasteiger partial charge in [-0.1, -0.05) is 6.07 Å². The number of imidazole rings is 1. The van der Waals surface area contributed by atoms with E-state index >= 15 is 0 Å². The molecule has 216 valence electrons. The summed E-state index contributed by atoms with van der Waals surface area (Å²) < 4.78 is 38.7. The molecular weight excluding hydrogens is 571 g/mol. The lowest BCUT2D eigenvalue weighted by atomic mass is 10.0. The first-order valence-corrected chi connectivity index (χ1v) is 15.4. The third kappa shape index (κ3) is 5.13. The molecule has 11 nitrogen and oxygen atoms in total. The SMILES string of the molecule is CS(=O)(=O)C(N)c1cc(F)cc(-c2nccc3[nH]c(-c4n[nH]c5ccc(-c6cncc(NC(=O)C7CC7)c6)cc45)nc23)c1. The first-order valence-electron chi connectivity index (χ1n) is 13.5. The number of nitrogens with two attached hydrogens (primary N) is 1. The molecule has 1 aliphatic rings. The molecule has 7 rings (SSSR count). The zero-order valence-electron chi connectivity index (χ0n) is 22.8. The van der Waals surface area contributed by atoms with E-state index in [4.69, 9.17) is 10.7 Å². The second-order valence-electron chi connectivity index (χ2n) is 10.7. The normalized spacial score (nSPS) is 14.3. The smallest absolute Gasteiger partial charge is 0.227 e. The van der Waals surface area contributed by atoms with E-state index in [1.165, 1.54) is 12.1 Å². The molecule has 1 atom stereocenters. The predicted octanol–water partition coefficient (Wildman–Crippen LogP) is 4.72. The highest BCUT2D eigenvalue weighted by molar-refractivity contribution is 7.90. The van der Waals surface area contributed by atoms with Crippen LogP contribution in [0.25, 0.3) is 55.8 Å². The lowest BCUT2D eigenvalue weighted by Gasteiger charge is -2.12. The number of carbonyl (C=O) groups is 1. The maximum atomic E-state index is 14.6. The van der Waals surface area contributed by atoms with Gasteiger partial charge in [-0.3, -0.25) is 19.9 Å². The van der Waals surface area contributed by atoms with E-state index < -0.39 is 21.0 Å². The lowest BCUT2D eigenvalue weighted by molar-refractivity contribution is -0.117. The van der Waals surface area contributed by atoms with Crippen LogP contribution < -0.4 is 11.1 Å². The van der Waals surface area contributed by atoms with Crippen molar-refractivity contribution in [2.24, 2.45) is 11.7 Å². The van der Waals surface area contributed by atoms with Crippen molar-refractivity contribution in [3.05, 3.63) is 78.5 Å². The third-order valence-electron chi connectivity index (χ3n) is 7.46. The van der Waals surface area contributed by atoms with E-state index in [-0.39, 0.29) is 17.4 Å². The Hall–Kier alpha value is -5.01. The van der Waals surface area contributed by atoms with Crippen LogP contribution >= 0.6 is 0 Å². The average molecular weight is 597 g/mol. The van der Waals surface area contributed by atoms with E-state index in [1.807, 2.05) is 24.3 Å². The summed E-state index contributed by atoms with van der Waals surface area (Å²) in [5.41, 5.74) is 11.5. The number of pyridine rings is 2. The molecule has 5 N–H and O–H groups in total. The number of sulfone groups is 1. The number of H-pyrrole nitrogens is 2. The highest BCUT2D eigenvalue weighted by atomic mass is 32.2. The molecule has 1 amide bonds. The van der Waals surface area contributed by atoms with E-state index in [0.717, 1.165) is 47.2 Å². The number of nitrogens with zero attached hydrogens (tertiary/aromatic N) is 4. The Labute approximate surface area is 244 Å². The molecule has 2 aromatic carbocycles. The van der Waals surface area contributed by atoms with Crippen molar-refractivity contribution in [2.45, 2.75) is 18.2 Å². The summed E-state index contributed by atoms with van der Waals surface area (Å²) in [6.45, 7) is 0. The minimum absolute atomic E-state index is 0.0120. The van der Waals surface area contributed by atoms with Crippen molar-refractivity contribution in [1.29, 1.82) is 0 Å². The molecule has 43 heavy (non-hydrogen) atoms. The van der Waals surface area contributed by atoms with E-state index in [0.29, 0.717) is 39.5 Å². The number of carbonyl (C=O) groups excluding carboxylic acids is 1. The second-order valence-corrected chi connectivity index (χ2v) is 12.9. The van der Waals surface area contributed by atoms with Gasteiger partial charge >= 0.3 is 0 Å². The van der Waals surface area contributed by atoms with Crippen LogP contribution in [0.2, 0.25) is 0 Å². The molecule has 1 saturated carbocycles. The Morgan fingerprint density at radius 2 is 1.86 bits per heavy atom. The summed E-state index contributed by atoms with van der Waals surface area (Å²) in [7, 11) is -3.66. The number of benzene rings is 2. The number of fused-ring (bicyclic) bond motifs is 2. The van der Waals surface area contributed by atoms with Crippen LogP contribution in [0.15, 0.2) is 67.1 Å². The van der Waals surface area contributed by atoms with Crippen LogP contribution in [-0.4, -0.2) is 50.7 Å².